The molecule has 1 unspecified atom stereocenters. The Morgan fingerprint density at radius 1 is 1.16 bits per heavy atom. The predicted molar refractivity (Wildman–Crippen MR) is 100 cm³/mol. The Hall–Kier alpha value is -2.39. The number of hydrogen-bond donors (Lipinski definition) is 1. The second kappa shape index (κ2) is 6.49. The Morgan fingerprint density at radius 2 is 2.00 bits per heavy atom. The van der Waals surface area contributed by atoms with Crippen molar-refractivity contribution in [3.05, 3.63) is 82.8 Å². The molecule has 0 radical (unpaired) electrons. The first kappa shape index (κ1) is 16.1. The third-order valence-electron chi connectivity index (χ3n) is 5.19. The summed E-state index contributed by atoms with van der Waals surface area (Å²) in [5.74, 6) is -0.151. The van der Waals surface area contributed by atoms with Crippen LogP contribution in [0.3, 0.4) is 0 Å². The molecule has 2 aromatic carbocycles. The molecule has 0 aliphatic heterocycles. The molecule has 3 heteroatoms. The summed E-state index contributed by atoms with van der Waals surface area (Å²) in [6.45, 7) is 2.86. The van der Waals surface area contributed by atoms with Crippen molar-refractivity contribution in [2.75, 3.05) is 7.05 Å². The molecule has 0 saturated carbocycles. The quantitative estimate of drug-likeness (QED) is 0.721. The molecule has 3 aromatic rings. The van der Waals surface area contributed by atoms with E-state index < -0.39 is 0 Å². The number of nitrogens with zero attached hydrogens (tertiary/aromatic N) is 1. The lowest BCUT2D eigenvalue weighted by atomic mass is 10.0. The topological polar surface area (TPSA) is 17.0 Å². The van der Waals surface area contributed by atoms with Gasteiger partial charge in [0.15, 0.2) is 0 Å². The second-order valence-corrected chi connectivity index (χ2v) is 6.89. The average molecular weight is 334 g/mol. The average Bonchev–Trinajstić information content (AvgIpc) is 3.14. The minimum Gasteiger partial charge on any atom is -0.342 e. The number of rotatable bonds is 4. The largest absolute Gasteiger partial charge is 0.342 e. The molecule has 0 saturated heterocycles. The number of hydrogen-bond acceptors (Lipinski definition) is 1. The molecule has 0 bridgehead atoms. The van der Waals surface area contributed by atoms with Gasteiger partial charge >= 0.3 is 0 Å². The monoisotopic (exact) mass is 334 g/mol. The summed E-state index contributed by atoms with van der Waals surface area (Å²) in [6, 6.07) is 16.0. The fourth-order valence-corrected chi connectivity index (χ4v) is 4.03. The molecule has 0 fully saturated rings. The first-order chi connectivity index (χ1) is 12.2. The SMILES string of the molecule is CNC1CCc2c1cn(Cc1cccc(C)c1)c2-c1ccccc1F. The molecular weight excluding hydrogens is 311 g/mol. The molecule has 128 valence electrons. The van der Waals surface area contributed by atoms with Gasteiger partial charge in [-0.2, -0.15) is 0 Å². The lowest BCUT2D eigenvalue weighted by molar-refractivity contribution is 0.584. The van der Waals surface area contributed by atoms with Gasteiger partial charge in [-0.15, -0.1) is 0 Å². The third-order valence-corrected chi connectivity index (χ3v) is 5.19. The van der Waals surface area contributed by atoms with E-state index in [1.54, 1.807) is 12.1 Å². The van der Waals surface area contributed by atoms with Crippen LogP contribution in [0, 0.1) is 12.7 Å². The Balaban J connectivity index is 1.85. The van der Waals surface area contributed by atoms with E-state index in [1.807, 2.05) is 19.2 Å². The summed E-state index contributed by atoms with van der Waals surface area (Å²) in [5, 5.41) is 3.39. The first-order valence-electron chi connectivity index (χ1n) is 8.87. The summed E-state index contributed by atoms with van der Waals surface area (Å²) in [4.78, 5) is 0. The van der Waals surface area contributed by atoms with Gasteiger partial charge in [0.1, 0.15) is 5.82 Å². The van der Waals surface area contributed by atoms with Crippen molar-refractivity contribution in [2.45, 2.75) is 32.4 Å². The third kappa shape index (κ3) is 2.89. The maximum Gasteiger partial charge on any atom is 0.132 e. The van der Waals surface area contributed by atoms with Gasteiger partial charge in [0.2, 0.25) is 0 Å². The fourth-order valence-electron chi connectivity index (χ4n) is 4.03. The van der Waals surface area contributed by atoms with Crippen LogP contribution < -0.4 is 5.32 Å². The molecule has 0 spiro atoms. The molecule has 2 nitrogen and oxygen atoms in total. The predicted octanol–water partition coefficient (Wildman–Crippen LogP) is 4.86. The fraction of sp³-hybridized carbons (Fsp3) is 0.273. The number of nitrogens with one attached hydrogen (secondary N) is 1. The van der Waals surface area contributed by atoms with Gasteiger partial charge in [-0.05, 0) is 55.6 Å². The van der Waals surface area contributed by atoms with Crippen LogP contribution in [0.5, 0.6) is 0 Å². The first-order valence-corrected chi connectivity index (χ1v) is 8.87. The van der Waals surface area contributed by atoms with E-state index in [1.165, 1.54) is 22.3 Å². The van der Waals surface area contributed by atoms with Gasteiger partial charge in [-0.1, -0.05) is 42.0 Å². The van der Waals surface area contributed by atoms with E-state index in [9.17, 15) is 4.39 Å². The van der Waals surface area contributed by atoms with Crippen LogP contribution >= 0.6 is 0 Å². The van der Waals surface area contributed by atoms with Crippen molar-refractivity contribution >= 4 is 0 Å². The summed E-state index contributed by atoms with van der Waals surface area (Å²) in [6.07, 6.45) is 4.28. The van der Waals surface area contributed by atoms with Crippen LogP contribution in [-0.2, 0) is 13.0 Å². The van der Waals surface area contributed by atoms with Crippen molar-refractivity contribution in [1.82, 2.24) is 9.88 Å². The Kier molecular flexibility index (Phi) is 4.18. The molecule has 1 aliphatic rings. The highest BCUT2D eigenvalue weighted by Gasteiger charge is 2.28. The van der Waals surface area contributed by atoms with Crippen molar-refractivity contribution in [2.24, 2.45) is 0 Å². The number of halogens is 1. The maximum atomic E-state index is 14.6. The van der Waals surface area contributed by atoms with Crippen molar-refractivity contribution in [1.29, 1.82) is 0 Å². The normalized spacial score (nSPS) is 16.2. The van der Waals surface area contributed by atoms with E-state index in [-0.39, 0.29) is 5.82 Å². The zero-order chi connectivity index (χ0) is 17.4. The van der Waals surface area contributed by atoms with E-state index >= 15 is 0 Å². The molecule has 1 N–H and O–H groups in total. The number of aromatic nitrogens is 1. The minimum atomic E-state index is -0.151. The highest BCUT2D eigenvalue weighted by Crippen LogP contribution is 2.40. The zero-order valence-corrected chi connectivity index (χ0v) is 14.7. The lowest BCUT2D eigenvalue weighted by Gasteiger charge is -2.13. The minimum absolute atomic E-state index is 0.151. The molecule has 25 heavy (non-hydrogen) atoms. The van der Waals surface area contributed by atoms with Crippen LogP contribution in [-0.4, -0.2) is 11.6 Å². The van der Waals surface area contributed by atoms with Gasteiger partial charge in [-0.3, -0.25) is 0 Å². The molecule has 1 aliphatic carbocycles. The number of fused-ring (bicyclic) bond motifs is 1. The number of aryl methyl sites for hydroxylation is 1. The number of benzene rings is 2. The van der Waals surface area contributed by atoms with Crippen LogP contribution in [0.2, 0.25) is 0 Å². The second-order valence-electron chi connectivity index (χ2n) is 6.89. The van der Waals surface area contributed by atoms with Crippen LogP contribution in [0.15, 0.2) is 54.7 Å². The van der Waals surface area contributed by atoms with Gasteiger partial charge in [0.05, 0.1) is 5.69 Å². The Labute approximate surface area is 148 Å². The zero-order valence-electron chi connectivity index (χ0n) is 14.7. The van der Waals surface area contributed by atoms with E-state index in [4.69, 9.17) is 0 Å². The van der Waals surface area contributed by atoms with Crippen molar-refractivity contribution < 1.29 is 4.39 Å². The highest BCUT2D eigenvalue weighted by atomic mass is 19.1. The van der Waals surface area contributed by atoms with Crippen LogP contribution in [0.4, 0.5) is 4.39 Å². The van der Waals surface area contributed by atoms with Gasteiger partial charge in [0, 0.05) is 24.3 Å². The van der Waals surface area contributed by atoms with Gasteiger partial charge < -0.3 is 9.88 Å². The van der Waals surface area contributed by atoms with Gasteiger partial charge in [-0.25, -0.2) is 4.39 Å². The standard InChI is InChI=1S/C22H23FN2/c1-15-6-5-7-16(12-15)13-25-14-19-17(10-11-21(19)24-2)22(25)18-8-3-4-9-20(18)23/h3-9,12,14,21,24H,10-11,13H2,1-2H3. The molecule has 4 rings (SSSR count). The Bertz CT molecular complexity index is 910. The summed E-state index contributed by atoms with van der Waals surface area (Å²) in [7, 11) is 2.00. The highest BCUT2D eigenvalue weighted by molar-refractivity contribution is 5.68. The van der Waals surface area contributed by atoms with Crippen molar-refractivity contribution in [3.63, 3.8) is 0 Å². The Morgan fingerprint density at radius 3 is 2.76 bits per heavy atom. The van der Waals surface area contributed by atoms with Gasteiger partial charge in [0.25, 0.3) is 0 Å². The van der Waals surface area contributed by atoms with E-state index in [0.717, 1.165) is 25.1 Å². The summed E-state index contributed by atoms with van der Waals surface area (Å²) < 4.78 is 16.8. The summed E-state index contributed by atoms with van der Waals surface area (Å²) >= 11 is 0. The molecule has 1 aromatic heterocycles. The van der Waals surface area contributed by atoms with Crippen LogP contribution in [0.25, 0.3) is 11.3 Å². The van der Waals surface area contributed by atoms with Crippen LogP contribution in [0.1, 0.15) is 34.7 Å². The van der Waals surface area contributed by atoms with E-state index in [2.05, 4.69) is 47.3 Å². The summed E-state index contributed by atoms with van der Waals surface area (Å²) in [5.41, 5.74) is 6.83. The molecule has 0 amide bonds. The molecule has 1 atom stereocenters. The smallest absolute Gasteiger partial charge is 0.132 e. The maximum absolute atomic E-state index is 14.6. The molecule has 1 heterocycles. The lowest BCUT2D eigenvalue weighted by Crippen LogP contribution is -2.12. The van der Waals surface area contributed by atoms with Crippen molar-refractivity contribution in [3.8, 4) is 11.3 Å². The molecular formula is C22H23FN2. The van der Waals surface area contributed by atoms with E-state index in [0.29, 0.717) is 11.6 Å².